The number of pyridine rings is 1. The predicted molar refractivity (Wildman–Crippen MR) is 67.2 cm³/mol. The molecule has 1 aromatic carbocycles. The van der Waals surface area contributed by atoms with Crippen molar-refractivity contribution in [3.8, 4) is 0 Å². The van der Waals surface area contributed by atoms with E-state index in [-0.39, 0.29) is 0 Å². The number of esters is 1. The monoisotopic (exact) mass is 250 g/mol. The minimum absolute atomic E-state index is 0.294. The zero-order valence-corrected chi connectivity index (χ0v) is 10.2. The number of aryl methyl sites for hydroxylation is 1. The first kappa shape index (κ1) is 11.7. The lowest BCUT2D eigenvalue weighted by Crippen LogP contribution is -2.10. The lowest BCUT2D eigenvalue weighted by Gasteiger charge is -2.10. The highest BCUT2D eigenvalue weighted by Crippen LogP contribution is 2.28. The Morgan fingerprint density at radius 1 is 1.47 bits per heavy atom. The summed E-state index contributed by atoms with van der Waals surface area (Å²) in [6.45, 7) is 1.72. The predicted octanol–water partition coefficient (Wildman–Crippen LogP) is 2.57. The van der Waals surface area contributed by atoms with Crippen LogP contribution in [0.3, 0.4) is 0 Å². The number of nitrogens with two attached hydrogens (primary N) is 1. The van der Waals surface area contributed by atoms with Crippen molar-refractivity contribution < 1.29 is 9.53 Å². The average Bonchev–Trinajstić information content (AvgIpc) is 2.30. The van der Waals surface area contributed by atoms with Crippen molar-refractivity contribution in [3.63, 3.8) is 0 Å². The third-order valence-electron chi connectivity index (χ3n) is 2.56. The van der Waals surface area contributed by atoms with Gasteiger partial charge in [-0.05, 0) is 25.1 Å². The second-order valence-electron chi connectivity index (χ2n) is 3.64. The summed E-state index contributed by atoms with van der Waals surface area (Å²) in [5.41, 5.74) is 7.86. The number of carbonyl (C=O) groups is 1. The van der Waals surface area contributed by atoms with Gasteiger partial charge in [-0.3, -0.25) is 4.98 Å². The molecule has 88 valence electrons. The molecule has 2 N–H and O–H groups in total. The van der Waals surface area contributed by atoms with Gasteiger partial charge in [-0.25, -0.2) is 4.79 Å². The molecule has 0 aliphatic rings. The van der Waals surface area contributed by atoms with E-state index in [9.17, 15) is 4.79 Å². The number of carbonyl (C=O) groups excluding carboxylic acids is 1. The van der Waals surface area contributed by atoms with Gasteiger partial charge >= 0.3 is 5.97 Å². The number of rotatable bonds is 1. The first-order valence-electron chi connectivity index (χ1n) is 4.98. The van der Waals surface area contributed by atoms with Crippen molar-refractivity contribution in [2.24, 2.45) is 0 Å². The van der Waals surface area contributed by atoms with Gasteiger partial charge in [0.25, 0.3) is 0 Å². The van der Waals surface area contributed by atoms with Gasteiger partial charge in [0.2, 0.25) is 0 Å². The fourth-order valence-electron chi connectivity index (χ4n) is 1.75. The Labute approximate surface area is 103 Å². The van der Waals surface area contributed by atoms with Crippen LogP contribution < -0.4 is 5.73 Å². The number of nitrogens with zero attached hydrogens (tertiary/aromatic N) is 1. The fraction of sp³-hybridized carbons (Fsp3) is 0.167. The van der Waals surface area contributed by atoms with Gasteiger partial charge in [0.15, 0.2) is 0 Å². The molecule has 0 aliphatic carbocycles. The Morgan fingerprint density at radius 2 is 2.18 bits per heavy atom. The Bertz CT molecular complexity index is 611. The summed E-state index contributed by atoms with van der Waals surface area (Å²) in [6, 6.07) is 5.18. The van der Waals surface area contributed by atoms with Gasteiger partial charge in [0.1, 0.15) is 5.56 Å². The summed E-state index contributed by atoms with van der Waals surface area (Å²) in [5, 5.41) is 1.20. The maximum atomic E-state index is 11.6. The summed E-state index contributed by atoms with van der Waals surface area (Å²) in [6.07, 6.45) is 0. The molecule has 1 heterocycles. The molecule has 0 unspecified atom stereocenters. The maximum absolute atomic E-state index is 11.6. The second kappa shape index (κ2) is 4.22. The maximum Gasteiger partial charge on any atom is 0.341 e. The van der Waals surface area contributed by atoms with E-state index >= 15 is 0 Å². The van der Waals surface area contributed by atoms with E-state index in [1.165, 1.54) is 7.11 Å². The van der Waals surface area contributed by atoms with Crippen LogP contribution in [0.25, 0.3) is 10.9 Å². The first-order chi connectivity index (χ1) is 8.04. The van der Waals surface area contributed by atoms with Crippen LogP contribution in [0.5, 0.6) is 0 Å². The molecule has 1 aromatic heterocycles. The third-order valence-corrected chi connectivity index (χ3v) is 2.79. The molecule has 4 nitrogen and oxygen atoms in total. The summed E-state index contributed by atoms with van der Waals surface area (Å²) >= 11 is 5.90. The van der Waals surface area contributed by atoms with E-state index in [2.05, 4.69) is 9.72 Å². The van der Waals surface area contributed by atoms with Crippen LogP contribution in [0.2, 0.25) is 5.02 Å². The fourth-order valence-corrected chi connectivity index (χ4v) is 1.92. The number of benzene rings is 1. The molecule has 0 atom stereocenters. The Morgan fingerprint density at radius 3 is 2.82 bits per heavy atom. The number of nitrogen functional groups attached to an aromatic ring is 1. The molecule has 0 spiro atoms. The summed E-state index contributed by atoms with van der Waals surface area (Å²) in [5.74, 6) is -0.491. The summed E-state index contributed by atoms with van der Waals surface area (Å²) < 4.78 is 4.69. The summed E-state index contributed by atoms with van der Waals surface area (Å²) in [7, 11) is 1.31. The van der Waals surface area contributed by atoms with Gasteiger partial charge < -0.3 is 10.5 Å². The number of hydrogen-bond donors (Lipinski definition) is 1. The van der Waals surface area contributed by atoms with Gasteiger partial charge in [0, 0.05) is 10.4 Å². The minimum atomic E-state index is -0.491. The van der Waals surface area contributed by atoms with Crippen molar-refractivity contribution in [1.82, 2.24) is 4.98 Å². The lowest BCUT2D eigenvalue weighted by molar-refractivity contribution is 0.0601. The smallest absolute Gasteiger partial charge is 0.341 e. The van der Waals surface area contributed by atoms with Crippen LogP contribution in [0, 0.1) is 6.92 Å². The van der Waals surface area contributed by atoms with Crippen molar-refractivity contribution in [1.29, 1.82) is 0 Å². The van der Waals surface area contributed by atoms with E-state index in [1.807, 2.05) is 0 Å². The highest BCUT2D eigenvalue weighted by molar-refractivity contribution is 6.31. The third kappa shape index (κ3) is 1.91. The molecule has 2 aromatic rings. The van der Waals surface area contributed by atoms with E-state index in [4.69, 9.17) is 17.3 Å². The number of methoxy groups -OCH3 is 1. The molecule has 0 aliphatic heterocycles. The number of anilines is 1. The van der Waals surface area contributed by atoms with Crippen LogP contribution in [0.4, 0.5) is 5.69 Å². The standard InChI is InChI=1S/C12H11ClN2O2/c1-6-10(12(16)17-2)11(14)8-5-7(13)3-4-9(8)15-6/h3-5H,1-2H3,(H2,14,15). The Kier molecular flexibility index (Phi) is 2.90. The van der Waals surface area contributed by atoms with E-state index in [0.717, 1.165) is 0 Å². The largest absolute Gasteiger partial charge is 0.465 e. The number of ether oxygens (including phenoxy) is 1. The zero-order valence-electron chi connectivity index (χ0n) is 9.45. The molecule has 0 saturated carbocycles. The van der Waals surface area contributed by atoms with Crippen molar-refractivity contribution in [2.75, 3.05) is 12.8 Å². The van der Waals surface area contributed by atoms with Crippen molar-refractivity contribution in [2.45, 2.75) is 6.92 Å². The van der Waals surface area contributed by atoms with E-state index < -0.39 is 5.97 Å². The molecular formula is C12H11ClN2O2. The minimum Gasteiger partial charge on any atom is -0.465 e. The Balaban J connectivity index is 2.82. The van der Waals surface area contributed by atoms with Crippen LogP contribution in [-0.4, -0.2) is 18.1 Å². The molecule has 0 amide bonds. The quantitative estimate of drug-likeness (QED) is 0.790. The highest BCUT2D eigenvalue weighted by atomic mass is 35.5. The van der Waals surface area contributed by atoms with Crippen LogP contribution in [0.1, 0.15) is 16.1 Å². The van der Waals surface area contributed by atoms with Gasteiger partial charge in [-0.1, -0.05) is 11.6 Å². The molecule has 0 bridgehead atoms. The van der Waals surface area contributed by atoms with Crippen LogP contribution in [0.15, 0.2) is 18.2 Å². The topological polar surface area (TPSA) is 65.2 Å². The van der Waals surface area contributed by atoms with Gasteiger partial charge in [-0.2, -0.15) is 0 Å². The van der Waals surface area contributed by atoms with Crippen molar-refractivity contribution >= 4 is 34.2 Å². The molecular weight excluding hydrogens is 240 g/mol. The van der Waals surface area contributed by atoms with Gasteiger partial charge in [-0.15, -0.1) is 0 Å². The molecule has 17 heavy (non-hydrogen) atoms. The van der Waals surface area contributed by atoms with E-state index in [1.54, 1.807) is 25.1 Å². The highest BCUT2D eigenvalue weighted by Gasteiger charge is 2.17. The SMILES string of the molecule is COC(=O)c1c(C)nc2ccc(Cl)cc2c1N. The molecule has 0 radical (unpaired) electrons. The van der Waals surface area contributed by atoms with Crippen LogP contribution >= 0.6 is 11.6 Å². The van der Waals surface area contributed by atoms with Gasteiger partial charge in [0.05, 0.1) is 24.0 Å². The molecule has 0 fully saturated rings. The lowest BCUT2D eigenvalue weighted by atomic mass is 10.1. The number of halogens is 1. The molecule has 5 heteroatoms. The first-order valence-corrected chi connectivity index (χ1v) is 5.36. The summed E-state index contributed by atoms with van der Waals surface area (Å²) in [4.78, 5) is 15.9. The Hall–Kier alpha value is -1.81. The average molecular weight is 251 g/mol. The van der Waals surface area contributed by atoms with Crippen molar-refractivity contribution in [3.05, 3.63) is 34.5 Å². The van der Waals surface area contributed by atoms with Crippen LogP contribution in [-0.2, 0) is 4.74 Å². The number of hydrogen-bond acceptors (Lipinski definition) is 4. The second-order valence-corrected chi connectivity index (χ2v) is 4.08. The zero-order chi connectivity index (χ0) is 12.6. The molecule has 2 rings (SSSR count). The number of aromatic nitrogens is 1. The normalized spacial score (nSPS) is 10.5. The number of fused-ring (bicyclic) bond motifs is 1. The van der Waals surface area contributed by atoms with E-state index in [0.29, 0.717) is 32.9 Å². The molecule has 0 saturated heterocycles.